The lowest BCUT2D eigenvalue weighted by atomic mass is 10.0. The fraction of sp³-hybridized carbons (Fsp3) is 0.421. The Morgan fingerprint density at radius 1 is 1.21 bits per heavy atom. The summed E-state index contributed by atoms with van der Waals surface area (Å²) >= 11 is 0. The molecule has 4 rings (SSSR count). The molecule has 1 fully saturated rings. The molecule has 148 valence electrons. The summed E-state index contributed by atoms with van der Waals surface area (Å²) in [5.41, 5.74) is 2.43. The molecule has 0 spiro atoms. The molecule has 2 aliphatic rings. The molecule has 3 heterocycles. The standard InChI is InChI=1S/C19H23N5O4/c1-12-9-23(18(25)26)17-6-14(2-3-16(17)24(12)19(27)28)15-8-21-22(11-15)10-13-4-5-20-7-13/h2-3,6,8,11-13,20H,4-5,7,9-10H2,1H3,(H,25,26)(H,27,28)/t12-,13-/m0/s1. The van der Waals surface area contributed by atoms with Crippen LogP contribution in [0.25, 0.3) is 11.1 Å². The lowest BCUT2D eigenvalue weighted by molar-refractivity contribution is 0.194. The van der Waals surface area contributed by atoms with Gasteiger partial charge in [0, 0.05) is 18.3 Å². The van der Waals surface area contributed by atoms with Crippen molar-refractivity contribution in [3.63, 3.8) is 0 Å². The molecule has 0 saturated carbocycles. The molecule has 28 heavy (non-hydrogen) atoms. The van der Waals surface area contributed by atoms with Crippen LogP contribution in [0.1, 0.15) is 13.3 Å². The third-order valence-electron chi connectivity index (χ3n) is 5.42. The van der Waals surface area contributed by atoms with Gasteiger partial charge in [0.1, 0.15) is 0 Å². The predicted octanol–water partition coefficient (Wildman–Crippen LogP) is 2.53. The highest BCUT2D eigenvalue weighted by Crippen LogP contribution is 2.38. The number of carbonyl (C=O) groups is 2. The number of hydrogen-bond acceptors (Lipinski definition) is 4. The van der Waals surface area contributed by atoms with E-state index in [0.29, 0.717) is 17.3 Å². The van der Waals surface area contributed by atoms with E-state index < -0.39 is 18.2 Å². The second kappa shape index (κ2) is 7.16. The maximum absolute atomic E-state index is 11.7. The summed E-state index contributed by atoms with van der Waals surface area (Å²) in [6.45, 7) is 4.65. The summed E-state index contributed by atoms with van der Waals surface area (Å²) in [5.74, 6) is 0.560. The number of rotatable bonds is 3. The molecule has 0 unspecified atom stereocenters. The van der Waals surface area contributed by atoms with E-state index in [1.165, 1.54) is 9.80 Å². The van der Waals surface area contributed by atoms with Gasteiger partial charge in [-0.15, -0.1) is 0 Å². The van der Waals surface area contributed by atoms with Crippen molar-refractivity contribution in [3.8, 4) is 11.1 Å². The lowest BCUT2D eigenvalue weighted by Gasteiger charge is -2.38. The van der Waals surface area contributed by atoms with Crippen LogP contribution < -0.4 is 15.1 Å². The van der Waals surface area contributed by atoms with Crippen LogP contribution in [-0.2, 0) is 6.54 Å². The van der Waals surface area contributed by atoms with Crippen LogP contribution in [0.5, 0.6) is 0 Å². The summed E-state index contributed by atoms with van der Waals surface area (Å²) in [6, 6.07) is 4.74. The number of fused-ring (bicyclic) bond motifs is 1. The SMILES string of the molecule is C[C@H]1CN(C(=O)O)c2cc(-c3cnn(C[C@H]4CCNC4)c3)ccc2N1C(=O)O. The highest BCUT2D eigenvalue weighted by Gasteiger charge is 2.35. The Morgan fingerprint density at radius 3 is 2.71 bits per heavy atom. The van der Waals surface area contributed by atoms with Gasteiger partial charge in [-0.1, -0.05) is 6.07 Å². The van der Waals surface area contributed by atoms with E-state index in [2.05, 4.69) is 10.4 Å². The summed E-state index contributed by atoms with van der Waals surface area (Å²) in [7, 11) is 0. The van der Waals surface area contributed by atoms with Crippen LogP contribution in [0.15, 0.2) is 30.6 Å². The second-order valence-electron chi connectivity index (χ2n) is 7.41. The lowest BCUT2D eigenvalue weighted by Crippen LogP contribution is -2.51. The summed E-state index contributed by atoms with van der Waals surface area (Å²) in [6.07, 6.45) is 2.65. The topological polar surface area (TPSA) is 111 Å². The van der Waals surface area contributed by atoms with Crippen LogP contribution in [0, 0.1) is 5.92 Å². The van der Waals surface area contributed by atoms with Crippen molar-refractivity contribution < 1.29 is 19.8 Å². The minimum atomic E-state index is -1.10. The molecular weight excluding hydrogens is 362 g/mol. The van der Waals surface area contributed by atoms with Crippen molar-refractivity contribution in [1.82, 2.24) is 15.1 Å². The van der Waals surface area contributed by atoms with E-state index in [-0.39, 0.29) is 6.54 Å². The second-order valence-corrected chi connectivity index (χ2v) is 7.41. The van der Waals surface area contributed by atoms with Gasteiger partial charge in [0.05, 0.1) is 30.2 Å². The molecule has 2 aromatic rings. The molecule has 9 nitrogen and oxygen atoms in total. The zero-order valence-electron chi connectivity index (χ0n) is 15.6. The molecule has 0 radical (unpaired) electrons. The Hall–Kier alpha value is -3.07. The number of anilines is 2. The molecule has 2 amide bonds. The van der Waals surface area contributed by atoms with Crippen molar-refractivity contribution in [1.29, 1.82) is 0 Å². The largest absolute Gasteiger partial charge is 0.465 e. The molecule has 1 saturated heterocycles. The van der Waals surface area contributed by atoms with Crippen molar-refractivity contribution in [2.75, 3.05) is 29.4 Å². The molecule has 1 aromatic carbocycles. The number of hydrogen-bond donors (Lipinski definition) is 3. The van der Waals surface area contributed by atoms with E-state index in [4.69, 9.17) is 0 Å². The maximum atomic E-state index is 11.7. The Labute approximate surface area is 162 Å². The average Bonchev–Trinajstić information content (AvgIpc) is 3.32. The Kier molecular flexibility index (Phi) is 4.68. The first-order valence-corrected chi connectivity index (χ1v) is 9.34. The number of benzene rings is 1. The minimum Gasteiger partial charge on any atom is -0.465 e. The van der Waals surface area contributed by atoms with Crippen molar-refractivity contribution >= 4 is 23.6 Å². The fourth-order valence-electron chi connectivity index (χ4n) is 4.02. The van der Waals surface area contributed by atoms with E-state index in [1.807, 2.05) is 16.9 Å². The third-order valence-corrected chi connectivity index (χ3v) is 5.42. The highest BCUT2D eigenvalue weighted by molar-refractivity contribution is 6.00. The van der Waals surface area contributed by atoms with Gasteiger partial charge in [-0.2, -0.15) is 5.10 Å². The zero-order valence-corrected chi connectivity index (χ0v) is 15.6. The van der Waals surface area contributed by atoms with E-state index in [9.17, 15) is 19.8 Å². The van der Waals surface area contributed by atoms with Crippen molar-refractivity contribution in [3.05, 3.63) is 30.6 Å². The predicted molar refractivity (Wildman–Crippen MR) is 104 cm³/mol. The van der Waals surface area contributed by atoms with Crippen LogP contribution in [0.2, 0.25) is 0 Å². The first-order chi connectivity index (χ1) is 13.4. The van der Waals surface area contributed by atoms with Crippen molar-refractivity contribution in [2.45, 2.75) is 25.9 Å². The van der Waals surface area contributed by atoms with Crippen LogP contribution in [-0.4, -0.2) is 57.9 Å². The molecule has 0 bridgehead atoms. The first-order valence-electron chi connectivity index (χ1n) is 9.34. The first kappa shape index (κ1) is 18.3. The van der Waals surface area contributed by atoms with Gasteiger partial charge in [0.2, 0.25) is 0 Å². The molecule has 1 aromatic heterocycles. The third kappa shape index (κ3) is 3.29. The minimum absolute atomic E-state index is 0.0893. The van der Waals surface area contributed by atoms with Gasteiger partial charge in [-0.05, 0) is 50.0 Å². The molecule has 2 aliphatic heterocycles. The number of amides is 2. The molecule has 2 atom stereocenters. The Balaban J connectivity index is 1.67. The monoisotopic (exact) mass is 385 g/mol. The van der Waals surface area contributed by atoms with Gasteiger partial charge in [-0.25, -0.2) is 9.59 Å². The number of nitrogens with one attached hydrogen (secondary N) is 1. The average molecular weight is 385 g/mol. The fourth-order valence-corrected chi connectivity index (χ4v) is 4.02. The van der Waals surface area contributed by atoms with E-state index in [1.54, 1.807) is 25.3 Å². The molecular formula is C19H23N5O4. The quantitative estimate of drug-likeness (QED) is 0.749. The Morgan fingerprint density at radius 2 is 2.04 bits per heavy atom. The van der Waals surface area contributed by atoms with E-state index >= 15 is 0 Å². The van der Waals surface area contributed by atoms with Gasteiger partial charge in [0.15, 0.2) is 0 Å². The van der Waals surface area contributed by atoms with Gasteiger partial charge in [-0.3, -0.25) is 14.5 Å². The van der Waals surface area contributed by atoms with Crippen LogP contribution in [0.3, 0.4) is 0 Å². The van der Waals surface area contributed by atoms with Crippen LogP contribution in [0.4, 0.5) is 21.0 Å². The zero-order chi connectivity index (χ0) is 19.8. The van der Waals surface area contributed by atoms with Gasteiger partial charge >= 0.3 is 12.2 Å². The summed E-state index contributed by atoms with van der Waals surface area (Å²) in [5, 5.41) is 26.9. The number of nitrogens with zero attached hydrogens (tertiary/aromatic N) is 4. The molecule has 3 N–H and O–H groups in total. The van der Waals surface area contributed by atoms with Crippen LogP contribution >= 0.6 is 0 Å². The smallest absolute Gasteiger partial charge is 0.412 e. The van der Waals surface area contributed by atoms with Gasteiger partial charge < -0.3 is 15.5 Å². The van der Waals surface area contributed by atoms with Gasteiger partial charge in [0.25, 0.3) is 0 Å². The molecule has 0 aliphatic carbocycles. The van der Waals surface area contributed by atoms with Crippen molar-refractivity contribution in [2.24, 2.45) is 5.92 Å². The molecule has 9 heteroatoms. The summed E-state index contributed by atoms with van der Waals surface area (Å²) in [4.78, 5) is 25.8. The maximum Gasteiger partial charge on any atom is 0.412 e. The normalized spacial score (nSPS) is 21.6. The summed E-state index contributed by atoms with van der Waals surface area (Å²) < 4.78 is 1.91. The van der Waals surface area contributed by atoms with E-state index in [0.717, 1.165) is 37.2 Å². The number of aromatic nitrogens is 2. The highest BCUT2D eigenvalue weighted by atomic mass is 16.4. The number of carboxylic acid groups (broad SMARTS) is 2. The Bertz CT molecular complexity index is 905.